The van der Waals surface area contributed by atoms with Crippen LogP contribution in [0, 0.1) is 17.0 Å². The molecule has 0 fully saturated rings. The van der Waals surface area contributed by atoms with Gasteiger partial charge in [-0.2, -0.15) is 13.9 Å². The molecule has 0 aromatic heterocycles. The highest BCUT2D eigenvalue weighted by Crippen LogP contribution is 2.28. The number of alkyl halides is 2. The molecule has 150 valence electrons. The van der Waals surface area contributed by atoms with Gasteiger partial charge in [0.1, 0.15) is 11.4 Å². The minimum Gasteiger partial charge on any atom is -0.434 e. The molecular weight excluding hydrogens is 398 g/mol. The molecule has 0 saturated heterocycles. The highest BCUT2D eigenvalue weighted by atomic mass is 32.2. The SMILES string of the molecule is C/C(=N/Nc1ccc(S(N)(=O)=O)cc1[N+](=O)[O-])c1cc(C)ccc1OC(F)F. The van der Waals surface area contributed by atoms with E-state index in [1.807, 2.05) is 0 Å². The minimum atomic E-state index is -4.13. The summed E-state index contributed by atoms with van der Waals surface area (Å²) in [6, 6.07) is 7.50. The van der Waals surface area contributed by atoms with E-state index in [0.29, 0.717) is 0 Å². The fourth-order valence-electron chi connectivity index (χ4n) is 2.26. The second-order valence-electron chi connectivity index (χ2n) is 5.67. The first-order valence-corrected chi connectivity index (χ1v) is 9.21. The summed E-state index contributed by atoms with van der Waals surface area (Å²) in [6.07, 6.45) is 0. The van der Waals surface area contributed by atoms with Crippen molar-refractivity contribution >= 4 is 27.1 Å². The molecule has 2 aromatic carbocycles. The lowest BCUT2D eigenvalue weighted by atomic mass is 10.1. The van der Waals surface area contributed by atoms with Gasteiger partial charge >= 0.3 is 6.61 Å². The zero-order valence-electron chi connectivity index (χ0n) is 14.7. The van der Waals surface area contributed by atoms with E-state index in [9.17, 15) is 27.3 Å². The van der Waals surface area contributed by atoms with Crippen LogP contribution >= 0.6 is 0 Å². The summed E-state index contributed by atoms with van der Waals surface area (Å²) in [5.41, 5.74) is 2.99. The second kappa shape index (κ2) is 8.27. The minimum absolute atomic E-state index is 0.109. The van der Waals surface area contributed by atoms with Gasteiger partial charge in [-0.3, -0.25) is 15.5 Å². The molecule has 0 aliphatic carbocycles. The van der Waals surface area contributed by atoms with E-state index in [4.69, 9.17) is 5.14 Å². The molecule has 0 bridgehead atoms. The number of hydrazone groups is 1. The van der Waals surface area contributed by atoms with Gasteiger partial charge in [0.05, 0.1) is 15.5 Å². The number of nitrogens with zero attached hydrogens (tertiary/aromatic N) is 2. The van der Waals surface area contributed by atoms with Crippen LogP contribution in [0.25, 0.3) is 0 Å². The summed E-state index contributed by atoms with van der Waals surface area (Å²) >= 11 is 0. The van der Waals surface area contributed by atoms with Gasteiger partial charge in [0.2, 0.25) is 10.0 Å². The fourth-order valence-corrected chi connectivity index (χ4v) is 2.80. The first-order valence-electron chi connectivity index (χ1n) is 7.66. The van der Waals surface area contributed by atoms with Crippen LogP contribution in [-0.4, -0.2) is 25.7 Å². The Kier molecular flexibility index (Phi) is 6.26. The lowest BCUT2D eigenvalue weighted by Gasteiger charge is -2.12. The number of halogens is 2. The second-order valence-corrected chi connectivity index (χ2v) is 7.23. The Hall–Kier alpha value is -3.12. The van der Waals surface area contributed by atoms with Crippen LogP contribution in [0.15, 0.2) is 46.4 Å². The molecule has 2 aromatic rings. The number of nitrogens with one attached hydrogen (secondary N) is 1. The van der Waals surface area contributed by atoms with Crippen molar-refractivity contribution in [1.29, 1.82) is 0 Å². The summed E-state index contributed by atoms with van der Waals surface area (Å²) in [7, 11) is -4.13. The van der Waals surface area contributed by atoms with Crippen LogP contribution in [-0.2, 0) is 10.0 Å². The van der Waals surface area contributed by atoms with Crippen molar-refractivity contribution in [3.8, 4) is 5.75 Å². The largest absolute Gasteiger partial charge is 0.434 e. The summed E-state index contributed by atoms with van der Waals surface area (Å²) < 4.78 is 52.3. The van der Waals surface area contributed by atoms with Gasteiger partial charge in [-0.15, -0.1) is 0 Å². The average molecular weight is 414 g/mol. The number of primary sulfonamides is 1. The third-order valence-corrected chi connectivity index (χ3v) is 4.49. The van der Waals surface area contributed by atoms with Crippen LogP contribution in [0.3, 0.4) is 0 Å². The number of sulfonamides is 1. The molecule has 28 heavy (non-hydrogen) atoms. The fraction of sp³-hybridized carbons (Fsp3) is 0.188. The average Bonchev–Trinajstić information content (AvgIpc) is 2.59. The normalized spacial score (nSPS) is 12.1. The number of anilines is 1. The Labute approximate surface area is 159 Å². The van der Waals surface area contributed by atoms with Crippen LogP contribution in [0.1, 0.15) is 18.1 Å². The van der Waals surface area contributed by atoms with E-state index in [1.165, 1.54) is 13.0 Å². The highest BCUT2D eigenvalue weighted by molar-refractivity contribution is 7.89. The van der Waals surface area contributed by atoms with Crippen LogP contribution in [0.5, 0.6) is 5.75 Å². The summed E-state index contributed by atoms with van der Waals surface area (Å²) in [6.45, 7) is 0.201. The standard InChI is InChI=1S/C16H16F2N4O5S/c1-9-3-6-15(27-16(17)18)12(7-9)10(2)20-21-13-5-4-11(28(19,25)26)8-14(13)22(23)24/h3-8,16,21H,1-2H3,(H2,19,25,26)/b20-10-. The Balaban J connectivity index is 2.41. The topological polar surface area (TPSA) is 137 Å². The monoisotopic (exact) mass is 414 g/mol. The van der Waals surface area contributed by atoms with E-state index in [1.54, 1.807) is 19.1 Å². The maximum absolute atomic E-state index is 12.6. The predicted molar refractivity (Wildman–Crippen MR) is 98.1 cm³/mol. The van der Waals surface area contributed by atoms with Gasteiger partial charge in [0, 0.05) is 11.6 Å². The van der Waals surface area contributed by atoms with Gasteiger partial charge < -0.3 is 4.74 Å². The Morgan fingerprint density at radius 3 is 2.54 bits per heavy atom. The molecule has 12 heteroatoms. The molecule has 0 unspecified atom stereocenters. The number of nitro groups is 1. The van der Waals surface area contributed by atoms with E-state index in [0.717, 1.165) is 23.8 Å². The summed E-state index contributed by atoms with van der Waals surface area (Å²) in [5.74, 6) is -0.109. The predicted octanol–water partition coefficient (Wildman–Crippen LogP) is 2.99. The number of hydrogen-bond acceptors (Lipinski definition) is 7. The molecule has 0 aliphatic rings. The van der Waals surface area contributed by atoms with Crippen molar-refractivity contribution in [2.75, 3.05) is 5.43 Å². The van der Waals surface area contributed by atoms with Crippen molar-refractivity contribution in [3.63, 3.8) is 0 Å². The molecule has 3 N–H and O–H groups in total. The molecule has 0 aliphatic heterocycles. The lowest BCUT2D eigenvalue weighted by Crippen LogP contribution is -2.13. The van der Waals surface area contributed by atoms with Gasteiger partial charge in [0.15, 0.2) is 0 Å². The number of nitro benzene ring substituents is 1. The zero-order chi connectivity index (χ0) is 21.1. The van der Waals surface area contributed by atoms with E-state index < -0.39 is 32.1 Å². The summed E-state index contributed by atoms with van der Waals surface area (Å²) in [4.78, 5) is 9.97. The first kappa shape index (κ1) is 21.2. The van der Waals surface area contributed by atoms with Crippen LogP contribution < -0.4 is 15.3 Å². The third kappa shape index (κ3) is 5.20. The number of ether oxygens (including phenoxy) is 1. The molecule has 0 saturated carbocycles. The number of benzene rings is 2. The van der Waals surface area contributed by atoms with Gasteiger partial charge in [-0.1, -0.05) is 11.6 Å². The molecule has 9 nitrogen and oxygen atoms in total. The van der Waals surface area contributed by atoms with Crippen molar-refractivity contribution < 1.29 is 26.9 Å². The third-order valence-electron chi connectivity index (χ3n) is 3.58. The molecular formula is C16H16F2N4O5S. The Morgan fingerprint density at radius 1 is 1.29 bits per heavy atom. The molecule has 2 rings (SSSR count). The maximum Gasteiger partial charge on any atom is 0.387 e. The number of rotatable bonds is 7. The van der Waals surface area contributed by atoms with Crippen molar-refractivity contribution in [3.05, 3.63) is 57.6 Å². The van der Waals surface area contributed by atoms with Gasteiger partial charge in [-0.25, -0.2) is 13.6 Å². The summed E-state index contributed by atoms with van der Waals surface area (Å²) in [5, 5.41) is 20.2. The Bertz CT molecular complexity index is 1040. The van der Waals surface area contributed by atoms with Crippen molar-refractivity contribution in [2.24, 2.45) is 10.2 Å². The van der Waals surface area contributed by atoms with Crippen molar-refractivity contribution in [1.82, 2.24) is 0 Å². The van der Waals surface area contributed by atoms with Crippen molar-refractivity contribution in [2.45, 2.75) is 25.4 Å². The van der Waals surface area contributed by atoms with E-state index in [-0.39, 0.29) is 22.7 Å². The van der Waals surface area contributed by atoms with E-state index >= 15 is 0 Å². The molecule has 0 atom stereocenters. The zero-order valence-corrected chi connectivity index (χ0v) is 15.5. The number of aryl methyl sites for hydroxylation is 1. The highest BCUT2D eigenvalue weighted by Gasteiger charge is 2.19. The lowest BCUT2D eigenvalue weighted by molar-refractivity contribution is -0.384. The number of hydrogen-bond donors (Lipinski definition) is 2. The van der Waals surface area contributed by atoms with Crippen LogP contribution in [0.4, 0.5) is 20.2 Å². The van der Waals surface area contributed by atoms with Gasteiger partial charge in [-0.05, 0) is 38.1 Å². The molecule has 0 amide bonds. The van der Waals surface area contributed by atoms with Gasteiger partial charge in [0.25, 0.3) is 5.69 Å². The Morgan fingerprint density at radius 2 is 1.96 bits per heavy atom. The molecule has 0 radical (unpaired) electrons. The maximum atomic E-state index is 12.6. The smallest absolute Gasteiger partial charge is 0.387 e. The molecule has 0 spiro atoms. The van der Waals surface area contributed by atoms with E-state index in [2.05, 4.69) is 15.3 Å². The number of nitrogens with two attached hydrogens (primary N) is 1. The first-order chi connectivity index (χ1) is 13.0. The quantitative estimate of drug-likeness (QED) is 0.406. The van der Waals surface area contributed by atoms with Crippen LogP contribution in [0.2, 0.25) is 0 Å². The molecule has 0 heterocycles.